The highest BCUT2D eigenvalue weighted by Crippen LogP contribution is 2.39. The van der Waals surface area contributed by atoms with Gasteiger partial charge in [-0.1, -0.05) is 193 Å². The second-order valence-corrected chi connectivity index (χ2v) is 17.1. The Morgan fingerprint density at radius 1 is 0.391 bits per heavy atom. The Morgan fingerprint density at radius 3 is 1.09 bits per heavy atom. The van der Waals surface area contributed by atoms with Crippen molar-refractivity contribution in [1.82, 2.24) is 0 Å². The number of rotatable bonds is 14. The summed E-state index contributed by atoms with van der Waals surface area (Å²) in [6.07, 6.45) is 16.5. The molecule has 2 nitrogen and oxygen atoms in total. The Labute approximate surface area is 408 Å². The number of aryl methyl sites for hydroxylation is 2. The van der Waals surface area contributed by atoms with Crippen molar-refractivity contribution in [3.05, 3.63) is 299 Å². The number of allylic oxidation sites excluding steroid dienone is 5. The Hall–Kier alpha value is -8.90. The zero-order chi connectivity index (χ0) is 47.4. The van der Waals surface area contributed by atoms with E-state index in [9.17, 15) is 0 Å². The van der Waals surface area contributed by atoms with Gasteiger partial charge >= 0.3 is 0 Å². The molecule has 0 unspecified atom stereocenters. The van der Waals surface area contributed by atoms with Crippen LogP contribution >= 0.6 is 0 Å². The van der Waals surface area contributed by atoms with E-state index in [1.165, 1.54) is 27.8 Å². The van der Waals surface area contributed by atoms with E-state index < -0.39 is 0 Å². The highest BCUT2D eigenvalue weighted by molar-refractivity contribution is 5.95. The highest BCUT2D eigenvalue weighted by Gasteiger charge is 2.16. The van der Waals surface area contributed by atoms with Crippen LogP contribution in [-0.2, 0) is 0 Å². The first kappa shape index (κ1) is 45.3. The van der Waals surface area contributed by atoms with Gasteiger partial charge < -0.3 is 9.80 Å². The number of hydrogen-bond donors (Lipinski definition) is 0. The van der Waals surface area contributed by atoms with Crippen molar-refractivity contribution in [2.45, 2.75) is 20.8 Å². The molecule has 0 saturated heterocycles. The third kappa shape index (κ3) is 10.9. The van der Waals surface area contributed by atoms with Crippen molar-refractivity contribution in [3.63, 3.8) is 0 Å². The fourth-order valence-electron chi connectivity index (χ4n) is 8.57. The molecule has 0 aromatic heterocycles. The van der Waals surface area contributed by atoms with Crippen LogP contribution in [0.2, 0.25) is 0 Å². The fourth-order valence-corrected chi connectivity index (χ4v) is 8.57. The van der Waals surface area contributed by atoms with E-state index in [1.807, 2.05) is 43.4 Å². The van der Waals surface area contributed by atoms with Crippen LogP contribution in [0.3, 0.4) is 0 Å². The molecule has 332 valence electrons. The third-order valence-electron chi connectivity index (χ3n) is 12.2. The summed E-state index contributed by atoms with van der Waals surface area (Å²) in [5.41, 5.74) is 19.9. The Balaban J connectivity index is 1.00. The smallest absolute Gasteiger partial charge is 0.0462 e. The lowest BCUT2D eigenvalue weighted by molar-refractivity contribution is 1.27. The Bertz CT molecular complexity index is 3220. The van der Waals surface area contributed by atoms with Crippen molar-refractivity contribution in [2.75, 3.05) is 9.80 Å². The van der Waals surface area contributed by atoms with Crippen LogP contribution in [0, 0.1) is 26.2 Å². The molecule has 0 aliphatic rings. The van der Waals surface area contributed by atoms with Crippen LogP contribution in [-0.4, -0.2) is 0 Å². The number of terminal acetylenes is 1. The highest BCUT2D eigenvalue weighted by atomic mass is 15.1. The maximum Gasteiger partial charge on any atom is 0.0462 e. The summed E-state index contributed by atoms with van der Waals surface area (Å²) >= 11 is 0. The minimum absolute atomic E-state index is 0.832. The Kier molecular flexibility index (Phi) is 14.2. The zero-order valence-electron chi connectivity index (χ0n) is 39.4. The zero-order valence-corrected chi connectivity index (χ0v) is 39.4. The first-order valence-electron chi connectivity index (χ1n) is 23.5. The standard InChI is InChI=1S/C67H54N2/c1-5-7-17-54(6-2)66(57-18-11-8-12-19-57)48-52-28-40-62(41-29-52)68(60-36-24-50(3)25-37-60)64-44-32-55(33-45-64)56-34-46-65(47-35-56)69(61-38-26-51(4)27-39-61)63-42-30-53(31-43-63)49-67(58-20-13-9-14-21-58)59-22-15-10-16-23-59/h2,5,7-49H,1,3-4H3/b7-5-,54-17+,66-48+. The molecule has 0 amide bonds. The van der Waals surface area contributed by atoms with Crippen molar-refractivity contribution < 1.29 is 0 Å². The minimum Gasteiger partial charge on any atom is -0.311 e. The number of hydrogen-bond acceptors (Lipinski definition) is 2. The van der Waals surface area contributed by atoms with E-state index in [-0.39, 0.29) is 0 Å². The number of nitrogens with zero attached hydrogens (tertiary/aromatic N) is 2. The molecule has 2 heteroatoms. The van der Waals surface area contributed by atoms with Gasteiger partial charge in [-0.3, -0.25) is 0 Å². The predicted molar refractivity (Wildman–Crippen MR) is 297 cm³/mol. The van der Waals surface area contributed by atoms with Crippen LogP contribution in [0.15, 0.2) is 260 Å². The normalized spacial score (nSPS) is 11.5. The topological polar surface area (TPSA) is 6.48 Å². The van der Waals surface area contributed by atoms with Gasteiger partial charge in [0.2, 0.25) is 0 Å². The van der Waals surface area contributed by atoms with Gasteiger partial charge in [-0.2, -0.15) is 0 Å². The SMILES string of the molecule is C#CC(=C\C=C/C)/C(=C\c1ccc(N(c2ccc(C)cc2)c2ccc(-c3ccc(N(c4ccc(C)cc4)c4ccc(C=C(c5ccccc5)c5ccccc5)cc4)cc3)cc2)cc1)c1ccccc1. The van der Waals surface area contributed by atoms with E-state index in [1.54, 1.807) is 0 Å². The van der Waals surface area contributed by atoms with Crippen molar-refractivity contribution in [3.8, 4) is 23.5 Å². The fraction of sp³-hybridized carbons (Fsp3) is 0.0448. The van der Waals surface area contributed by atoms with Crippen LogP contribution in [0.25, 0.3) is 34.4 Å². The average molecular weight is 887 g/mol. The van der Waals surface area contributed by atoms with E-state index in [0.717, 1.165) is 73.1 Å². The Morgan fingerprint density at radius 2 is 0.725 bits per heavy atom. The molecule has 0 N–H and O–H groups in total. The summed E-state index contributed by atoms with van der Waals surface area (Å²) in [5.74, 6) is 2.92. The molecule has 9 aromatic carbocycles. The molecule has 0 heterocycles. The molecule has 9 rings (SSSR count). The molecule has 0 spiro atoms. The van der Waals surface area contributed by atoms with E-state index >= 15 is 0 Å². The molecule has 0 fully saturated rings. The molecule has 9 aromatic rings. The van der Waals surface area contributed by atoms with Gasteiger partial charge in [0.15, 0.2) is 0 Å². The number of benzene rings is 9. The first-order chi connectivity index (χ1) is 33.9. The molecular formula is C67H54N2. The average Bonchev–Trinajstić information content (AvgIpc) is 3.41. The maximum atomic E-state index is 6.06. The summed E-state index contributed by atoms with van der Waals surface area (Å²) in [6.45, 7) is 6.25. The lowest BCUT2D eigenvalue weighted by atomic mass is 9.95. The van der Waals surface area contributed by atoms with Gasteiger partial charge in [0.25, 0.3) is 0 Å². The summed E-state index contributed by atoms with van der Waals surface area (Å²) in [4.78, 5) is 4.63. The van der Waals surface area contributed by atoms with Gasteiger partial charge in [0.1, 0.15) is 0 Å². The van der Waals surface area contributed by atoms with Gasteiger partial charge in [-0.25, -0.2) is 0 Å². The van der Waals surface area contributed by atoms with Gasteiger partial charge in [0, 0.05) is 39.7 Å². The lowest BCUT2D eigenvalue weighted by Crippen LogP contribution is -2.10. The van der Waals surface area contributed by atoms with Crippen molar-refractivity contribution >= 4 is 57.4 Å². The molecule has 0 aliphatic carbocycles. The van der Waals surface area contributed by atoms with Crippen molar-refractivity contribution in [2.24, 2.45) is 0 Å². The van der Waals surface area contributed by atoms with Gasteiger partial charge in [0.05, 0.1) is 0 Å². The van der Waals surface area contributed by atoms with Gasteiger partial charge in [-0.05, 0) is 162 Å². The molecule has 0 atom stereocenters. The number of anilines is 6. The quantitative estimate of drug-likeness (QED) is 0.0610. The molecule has 69 heavy (non-hydrogen) atoms. The molecular weight excluding hydrogens is 833 g/mol. The van der Waals surface area contributed by atoms with Crippen LogP contribution < -0.4 is 9.80 Å². The van der Waals surface area contributed by atoms with Crippen LogP contribution in [0.5, 0.6) is 0 Å². The van der Waals surface area contributed by atoms with Crippen molar-refractivity contribution in [1.29, 1.82) is 0 Å². The predicted octanol–water partition coefficient (Wildman–Crippen LogP) is 18.2. The summed E-state index contributed by atoms with van der Waals surface area (Å²) in [6, 6.07) is 84.3. The van der Waals surface area contributed by atoms with Gasteiger partial charge in [-0.15, -0.1) is 6.42 Å². The van der Waals surface area contributed by atoms with E-state index in [4.69, 9.17) is 6.42 Å². The summed E-state index contributed by atoms with van der Waals surface area (Å²) in [5, 5.41) is 0. The summed E-state index contributed by atoms with van der Waals surface area (Å²) < 4.78 is 0. The molecule has 0 saturated carbocycles. The van der Waals surface area contributed by atoms with E-state index in [0.29, 0.717) is 0 Å². The van der Waals surface area contributed by atoms with Crippen LogP contribution in [0.4, 0.5) is 34.1 Å². The largest absolute Gasteiger partial charge is 0.311 e. The lowest BCUT2D eigenvalue weighted by Gasteiger charge is -2.26. The maximum absolute atomic E-state index is 6.06. The second-order valence-electron chi connectivity index (χ2n) is 17.1. The first-order valence-corrected chi connectivity index (χ1v) is 23.5. The van der Waals surface area contributed by atoms with E-state index in [2.05, 4.69) is 260 Å². The minimum atomic E-state index is 0.832. The van der Waals surface area contributed by atoms with Crippen LogP contribution in [0.1, 0.15) is 45.9 Å². The monoisotopic (exact) mass is 886 g/mol. The molecule has 0 aliphatic heterocycles. The molecule has 0 radical (unpaired) electrons. The third-order valence-corrected chi connectivity index (χ3v) is 12.2. The summed E-state index contributed by atoms with van der Waals surface area (Å²) in [7, 11) is 0. The second kappa shape index (κ2) is 21.6. The molecule has 0 bridgehead atoms.